The van der Waals surface area contributed by atoms with Crippen molar-refractivity contribution in [2.45, 2.75) is 50.9 Å². The molecular weight excluding hydrogens is 419 g/mol. The maximum Gasteiger partial charge on any atom is 0.309 e. The summed E-state index contributed by atoms with van der Waals surface area (Å²) >= 11 is 0. The molecule has 5 nitrogen and oxygen atoms in total. The summed E-state index contributed by atoms with van der Waals surface area (Å²) in [5.74, 6) is -1.84. The van der Waals surface area contributed by atoms with Crippen molar-refractivity contribution in [1.29, 1.82) is 5.26 Å². The Bertz CT molecular complexity index is 1110. The molecule has 1 unspecified atom stereocenters. The van der Waals surface area contributed by atoms with Gasteiger partial charge in [-0.05, 0) is 72.9 Å². The predicted octanol–water partition coefficient (Wildman–Crippen LogP) is 5.68. The first-order chi connectivity index (χ1) is 15.9. The van der Waals surface area contributed by atoms with Gasteiger partial charge in [-0.3, -0.25) is 9.59 Å². The Balaban J connectivity index is 1.56. The van der Waals surface area contributed by atoms with Gasteiger partial charge in [-0.2, -0.15) is 5.26 Å². The molecular formula is C27H27FN2O3. The van der Waals surface area contributed by atoms with Crippen molar-refractivity contribution in [3.05, 3.63) is 71.0 Å². The Hall–Kier alpha value is -3.46. The number of nitrogens with one attached hydrogen (secondary N) is 1. The molecule has 0 heterocycles. The Morgan fingerprint density at radius 1 is 1.18 bits per heavy atom. The number of anilines is 1. The van der Waals surface area contributed by atoms with Crippen LogP contribution in [0.5, 0.6) is 0 Å². The number of carboxylic acid groups (broad SMARTS) is 1. The van der Waals surface area contributed by atoms with Crippen LogP contribution in [0.1, 0.15) is 61.1 Å². The minimum absolute atomic E-state index is 0.0928. The minimum Gasteiger partial charge on any atom is -0.481 e. The van der Waals surface area contributed by atoms with Gasteiger partial charge in [0.1, 0.15) is 5.82 Å². The van der Waals surface area contributed by atoms with Crippen LogP contribution in [-0.4, -0.2) is 17.0 Å². The summed E-state index contributed by atoms with van der Waals surface area (Å²) in [6.45, 7) is 0. The lowest BCUT2D eigenvalue weighted by molar-refractivity contribution is -0.143. The minimum atomic E-state index is -0.827. The zero-order valence-electron chi connectivity index (χ0n) is 18.4. The molecule has 4 rings (SSSR count). The molecule has 0 radical (unpaired) electrons. The summed E-state index contributed by atoms with van der Waals surface area (Å²) in [6, 6.07) is 14.0. The van der Waals surface area contributed by atoms with Crippen molar-refractivity contribution in [3.8, 4) is 6.07 Å². The Labute approximate surface area is 192 Å². The molecule has 2 aromatic rings. The molecule has 2 aliphatic rings. The Morgan fingerprint density at radius 2 is 1.88 bits per heavy atom. The standard InChI is InChI=1S/C27H27FN2O3/c28-22-12-9-19(17-27(13-14-27)26(32)33)16-23(22)30-25(31)24(20-5-1-2-6-20)21-10-7-18(8-11-21)4-3-15-29/h3-4,7-12,16,20,24H,1-2,5-6,13-14,17H2,(H,30,31)(H,32,33). The zero-order chi connectivity index (χ0) is 23.4. The summed E-state index contributed by atoms with van der Waals surface area (Å²) in [7, 11) is 0. The first kappa shape index (κ1) is 22.7. The Morgan fingerprint density at radius 3 is 2.48 bits per heavy atom. The van der Waals surface area contributed by atoms with Gasteiger partial charge in [0.2, 0.25) is 5.91 Å². The average molecular weight is 447 g/mol. The maximum absolute atomic E-state index is 14.6. The van der Waals surface area contributed by atoms with Gasteiger partial charge in [-0.25, -0.2) is 4.39 Å². The summed E-state index contributed by atoms with van der Waals surface area (Å²) in [4.78, 5) is 24.9. The molecule has 170 valence electrons. The SMILES string of the molecule is N#CC=Cc1ccc(C(C(=O)Nc2cc(CC3(C(=O)O)CC3)ccc2F)C2CCCC2)cc1. The van der Waals surface area contributed by atoms with E-state index in [1.54, 1.807) is 18.2 Å². The number of rotatable bonds is 8. The number of amides is 1. The summed E-state index contributed by atoms with van der Waals surface area (Å²) in [5.41, 5.74) is 1.78. The third kappa shape index (κ3) is 5.14. The fraction of sp³-hybridized carbons (Fsp3) is 0.370. The third-order valence-electron chi connectivity index (χ3n) is 6.94. The highest BCUT2D eigenvalue weighted by Gasteiger charge is 2.50. The van der Waals surface area contributed by atoms with Crippen LogP contribution in [0, 0.1) is 28.5 Å². The number of benzene rings is 2. The highest BCUT2D eigenvalue weighted by Crippen LogP contribution is 2.49. The normalized spacial score (nSPS) is 18.1. The monoisotopic (exact) mass is 446 g/mol. The number of nitriles is 1. The van der Waals surface area contributed by atoms with Gasteiger partial charge in [0.15, 0.2) is 0 Å². The molecule has 0 saturated heterocycles. The van der Waals surface area contributed by atoms with E-state index in [1.807, 2.05) is 30.3 Å². The van der Waals surface area contributed by atoms with Gasteiger partial charge >= 0.3 is 5.97 Å². The number of allylic oxidation sites excluding steroid dienone is 1. The molecule has 2 saturated carbocycles. The highest BCUT2D eigenvalue weighted by atomic mass is 19.1. The van der Waals surface area contributed by atoms with Crippen LogP contribution in [0.2, 0.25) is 0 Å². The topological polar surface area (TPSA) is 90.2 Å². The highest BCUT2D eigenvalue weighted by molar-refractivity contribution is 5.96. The number of halogens is 1. The second-order valence-electron chi connectivity index (χ2n) is 9.22. The fourth-order valence-corrected chi connectivity index (χ4v) is 4.87. The van der Waals surface area contributed by atoms with E-state index in [4.69, 9.17) is 5.26 Å². The zero-order valence-corrected chi connectivity index (χ0v) is 18.4. The van der Waals surface area contributed by atoms with E-state index < -0.39 is 23.1 Å². The second-order valence-corrected chi connectivity index (χ2v) is 9.22. The van der Waals surface area contributed by atoms with Crippen LogP contribution in [0.4, 0.5) is 10.1 Å². The van der Waals surface area contributed by atoms with Crippen molar-refractivity contribution >= 4 is 23.6 Å². The lowest BCUT2D eigenvalue weighted by atomic mass is 9.83. The molecule has 6 heteroatoms. The van der Waals surface area contributed by atoms with Gasteiger partial charge in [-0.15, -0.1) is 0 Å². The van der Waals surface area contributed by atoms with Crippen molar-refractivity contribution in [1.82, 2.24) is 0 Å². The predicted molar refractivity (Wildman–Crippen MR) is 124 cm³/mol. The lowest BCUT2D eigenvalue weighted by Crippen LogP contribution is -2.27. The number of hydrogen-bond acceptors (Lipinski definition) is 3. The number of carbonyl (C=O) groups excluding carboxylic acids is 1. The molecule has 1 amide bonds. The van der Waals surface area contributed by atoms with Crippen molar-refractivity contribution in [2.75, 3.05) is 5.32 Å². The van der Waals surface area contributed by atoms with E-state index in [-0.39, 0.29) is 17.5 Å². The molecule has 0 spiro atoms. The summed E-state index contributed by atoms with van der Waals surface area (Å²) in [6.07, 6.45) is 8.69. The summed E-state index contributed by atoms with van der Waals surface area (Å²) in [5, 5.41) is 21.0. The molecule has 2 fully saturated rings. The van der Waals surface area contributed by atoms with E-state index >= 15 is 0 Å². The number of nitrogens with zero attached hydrogens (tertiary/aromatic N) is 1. The van der Waals surface area contributed by atoms with Gasteiger partial charge in [-0.1, -0.05) is 43.2 Å². The number of carboxylic acids is 1. The van der Waals surface area contributed by atoms with Gasteiger partial charge in [0.05, 0.1) is 23.1 Å². The van der Waals surface area contributed by atoms with Crippen LogP contribution in [0.25, 0.3) is 6.08 Å². The van der Waals surface area contributed by atoms with Crippen LogP contribution < -0.4 is 5.32 Å². The molecule has 0 aliphatic heterocycles. The molecule has 33 heavy (non-hydrogen) atoms. The summed E-state index contributed by atoms with van der Waals surface area (Å²) < 4.78 is 14.6. The van der Waals surface area contributed by atoms with Crippen LogP contribution in [0.15, 0.2) is 48.5 Å². The van der Waals surface area contributed by atoms with E-state index in [0.29, 0.717) is 24.8 Å². The van der Waals surface area contributed by atoms with Crippen LogP contribution in [0.3, 0.4) is 0 Å². The van der Waals surface area contributed by atoms with Gasteiger partial charge < -0.3 is 10.4 Å². The molecule has 2 N–H and O–H groups in total. The smallest absolute Gasteiger partial charge is 0.309 e. The largest absolute Gasteiger partial charge is 0.481 e. The number of hydrogen-bond donors (Lipinski definition) is 2. The van der Waals surface area contributed by atoms with E-state index in [2.05, 4.69) is 5.32 Å². The molecule has 2 aliphatic carbocycles. The van der Waals surface area contributed by atoms with Crippen molar-refractivity contribution in [3.63, 3.8) is 0 Å². The first-order valence-electron chi connectivity index (χ1n) is 11.4. The van der Waals surface area contributed by atoms with Gasteiger partial charge in [0.25, 0.3) is 0 Å². The van der Waals surface area contributed by atoms with E-state index in [9.17, 15) is 19.1 Å². The molecule has 1 atom stereocenters. The second kappa shape index (κ2) is 9.58. The maximum atomic E-state index is 14.6. The van der Waals surface area contributed by atoms with Crippen molar-refractivity contribution in [2.24, 2.45) is 11.3 Å². The Kier molecular flexibility index (Phi) is 6.60. The number of aliphatic carboxylic acids is 1. The van der Waals surface area contributed by atoms with E-state index in [1.165, 1.54) is 12.1 Å². The quantitative estimate of drug-likeness (QED) is 0.510. The first-order valence-corrected chi connectivity index (χ1v) is 11.4. The lowest BCUT2D eigenvalue weighted by Gasteiger charge is -2.24. The molecule has 0 bridgehead atoms. The van der Waals surface area contributed by atoms with E-state index in [0.717, 1.165) is 36.8 Å². The average Bonchev–Trinajstić information content (AvgIpc) is 3.40. The van der Waals surface area contributed by atoms with Crippen LogP contribution in [-0.2, 0) is 16.0 Å². The van der Waals surface area contributed by atoms with Crippen LogP contribution >= 0.6 is 0 Å². The van der Waals surface area contributed by atoms with Gasteiger partial charge in [0, 0.05) is 6.08 Å². The van der Waals surface area contributed by atoms with Crippen molar-refractivity contribution < 1.29 is 19.1 Å². The molecule has 2 aromatic carbocycles. The third-order valence-corrected chi connectivity index (χ3v) is 6.94. The fourth-order valence-electron chi connectivity index (χ4n) is 4.87. The number of carbonyl (C=O) groups is 2. The molecule has 0 aromatic heterocycles.